The molecule has 0 spiro atoms. The van der Waals surface area contributed by atoms with Crippen LogP contribution in [-0.2, 0) is 6.54 Å². The molecule has 102 valence electrons. The van der Waals surface area contributed by atoms with Crippen molar-refractivity contribution in [1.82, 2.24) is 10.6 Å². The van der Waals surface area contributed by atoms with Crippen LogP contribution in [0.5, 0.6) is 5.75 Å². The van der Waals surface area contributed by atoms with E-state index in [0.29, 0.717) is 6.04 Å². The number of nitrogens with one attached hydrogen (secondary N) is 2. The fourth-order valence-electron chi connectivity index (χ4n) is 1.85. The molecule has 0 bridgehead atoms. The Kier molecular flexibility index (Phi) is 6.16. The van der Waals surface area contributed by atoms with E-state index in [1.54, 1.807) is 7.11 Å². The van der Waals surface area contributed by atoms with Crippen molar-refractivity contribution in [2.24, 2.45) is 0 Å². The molecule has 0 unspecified atom stereocenters. The summed E-state index contributed by atoms with van der Waals surface area (Å²) in [4.78, 5) is 0. The molecule has 3 heteroatoms. The van der Waals surface area contributed by atoms with Gasteiger partial charge in [-0.05, 0) is 31.0 Å². The van der Waals surface area contributed by atoms with E-state index in [-0.39, 0.29) is 0 Å². The fraction of sp³-hybridized carbons (Fsp3) is 0.600. The van der Waals surface area contributed by atoms with E-state index in [1.165, 1.54) is 16.7 Å². The molecule has 0 radical (unpaired) electrons. The van der Waals surface area contributed by atoms with Crippen molar-refractivity contribution in [2.75, 3.05) is 20.2 Å². The number of aryl methyl sites for hydroxylation is 2. The van der Waals surface area contributed by atoms with Gasteiger partial charge < -0.3 is 15.4 Å². The average molecular weight is 250 g/mol. The molecule has 0 saturated carbocycles. The van der Waals surface area contributed by atoms with E-state index in [4.69, 9.17) is 4.74 Å². The van der Waals surface area contributed by atoms with Crippen molar-refractivity contribution >= 4 is 0 Å². The summed E-state index contributed by atoms with van der Waals surface area (Å²) in [5.41, 5.74) is 3.81. The van der Waals surface area contributed by atoms with Gasteiger partial charge in [-0.2, -0.15) is 0 Å². The number of hydrogen-bond donors (Lipinski definition) is 2. The Morgan fingerprint density at radius 3 is 2.39 bits per heavy atom. The molecule has 0 aromatic heterocycles. The largest absolute Gasteiger partial charge is 0.496 e. The number of rotatable bonds is 7. The number of hydrogen-bond acceptors (Lipinski definition) is 3. The Morgan fingerprint density at radius 1 is 1.11 bits per heavy atom. The van der Waals surface area contributed by atoms with Gasteiger partial charge in [-0.25, -0.2) is 0 Å². The monoisotopic (exact) mass is 250 g/mol. The van der Waals surface area contributed by atoms with E-state index < -0.39 is 0 Å². The number of methoxy groups -OCH3 is 1. The SMILES string of the molecule is COc1cc(C)c(C)cc1CNCCNC(C)C. The lowest BCUT2D eigenvalue weighted by atomic mass is 10.0. The predicted octanol–water partition coefficient (Wildman–Crippen LogP) is 2.40. The molecular formula is C15H26N2O. The van der Waals surface area contributed by atoms with Crippen molar-refractivity contribution in [2.45, 2.75) is 40.3 Å². The maximum absolute atomic E-state index is 5.42. The predicted molar refractivity (Wildman–Crippen MR) is 77.3 cm³/mol. The first-order valence-corrected chi connectivity index (χ1v) is 6.62. The lowest BCUT2D eigenvalue weighted by Gasteiger charge is -2.13. The van der Waals surface area contributed by atoms with Crippen LogP contribution in [0.2, 0.25) is 0 Å². The highest BCUT2D eigenvalue weighted by Crippen LogP contribution is 2.22. The Labute approximate surface area is 111 Å². The Hall–Kier alpha value is -1.06. The van der Waals surface area contributed by atoms with E-state index in [0.717, 1.165) is 25.4 Å². The van der Waals surface area contributed by atoms with Gasteiger partial charge in [-0.15, -0.1) is 0 Å². The third kappa shape index (κ3) is 4.67. The van der Waals surface area contributed by atoms with Crippen LogP contribution in [0, 0.1) is 13.8 Å². The maximum atomic E-state index is 5.42. The highest BCUT2D eigenvalue weighted by molar-refractivity contribution is 5.41. The summed E-state index contributed by atoms with van der Waals surface area (Å²) in [5, 5.41) is 6.82. The van der Waals surface area contributed by atoms with Crippen molar-refractivity contribution in [1.29, 1.82) is 0 Å². The second kappa shape index (κ2) is 7.39. The van der Waals surface area contributed by atoms with Gasteiger partial charge in [0.2, 0.25) is 0 Å². The summed E-state index contributed by atoms with van der Waals surface area (Å²) in [5.74, 6) is 0.974. The topological polar surface area (TPSA) is 33.3 Å². The molecule has 0 fully saturated rings. The average Bonchev–Trinajstić information content (AvgIpc) is 2.32. The molecule has 0 saturated heterocycles. The van der Waals surface area contributed by atoms with Gasteiger partial charge in [0.25, 0.3) is 0 Å². The molecule has 0 atom stereocenters. The minimum Gasteiger partial charge on any atom is -0.496 e. The molecular weight excluding hydrogens is 224 g/mol. The van der Waals surface area contributed by atoms with Crippen molar-refractivity contribution in [3.63, 3.8) is 0 Å². The minimum absolute atomic E-state index is 0.544. The molecule has 1 aromatic rings. The fourth-order valence-corrected chi connectivity index (χ4v) is 1.85. The first-order valence-electron chi connectivity index (χ1n) is 6.62. The maximum Gasteiger partial charge on any atom is 0.123 e. The van der Waals surface area contributed by atoms with Gasteiger partial charge in [-0.3, -0.25) is 0 Å². The van der Waals surface area contributed by atoms with Gasteiger partial charge in [-0.1, -0.05) is 19.9 Å². The van der Waals surface area contributed by atoms with Crippen LogP contribution >= 0.6 is 0 Å². The lowest BCUT2D eigenvalue weighted by molar-refractivity contribution is 0.407. The van der Waals surface area contributed by atoms with Crippen LogP contribution in [0.1, 0.15) is 30.5 Å². The van der Waals surface area contributed by atoms with E-state index in [9.17, 15) is 0 Å². The van der Waals surface area contributed by atoms with Crippen LogP contribution in [0.3, 0.4) is 0 Å². The molecule has 3 nitrogen and oxygen atoms in total. The minimum atomic E-state index is 0.544. The highest BCUT2D eigenvalue weighted by atomic mass is 16.5. The van der Waals surface area contributed by atoms with Crippen molar-refractivity contribution < 1.29 is 4.74 Å². The molecule has 1 aromatic carbocycles. The molecule has 0 aliphatic rings. The Balaban J connectivity index is 2.48. The summed E-state index contributed by atoms with van der Waals surface area (Å²) in [6.07, 6.45) is 0. The second-order valence-corrected chi connectivity index (χ2v) is 5.03. The molecule has 0 aliphatic carbocycles. The van der Waals surface area contributed by atoms with Crippen LogP contribution in [0.25, 0.3) is 0 Å². The van der Waals surface area contributed by atoms with Crippen LogP contribution in [0.4, 0.5) is 0 Å². The zero-order valence-electron chi connectivity index (χ0n) is 12.3. The molecule has 18 heavy (non-hydrogen) atoms. The van der Waals surface area contributed by atoms with Crippen LogP contribution in [0.15, 0.2) is 12.1 Å². The molecule has 0 heterocycles. The first-order chi connectivity index (χ1) is 8.54. The number of benzene rings is 1. The molecule has 0 amide bonds. The quantitative estimate of drug-likeness (QED) is 0.729. The summed E-state index contributed by atoms with van der Waals surface area (Å²) in [6.45, 7) is 11.4. The third-order valence-corrected chi connectivity index (χ3v) is 3.07. The van der Waals surface area contributed by atoms with Gasteiger partial charge in [0, 0.05) is 31.2 Å². The van der Waals surface area contributed by atoms with E-state index in [1.807, 2.05) is 0 Å². The smallest absolute Gasteiger partial charge is 0.123 e. The summed E-state index contributed by atoms with van der Waals surface area (Å²) in [7, 11) is 1.73. The lowest BCUT2D eigenvalue weighted by Crippen LogP contribution is -2.31. The third-order valence-electron chi connectivity index (χ3n) is 3.07. The summed E-state index contributed by atoms with van der Waals surface area (Å²) >= 11 is 0. The standard InChI is InChI=1S/C15H26N2O/c1-11(2)17-7-6-16-10-14-8-12(3)13(4)9-15(14)18-5/h8-9,11,16-17H,6-7,10H2,1-5H3. The normalized spacial score (nSPS) is 11.0. The van der Waals surface area contributed by atoms with Gasteiger partial charge in [0.05, 0.1) is 7.11 Å². The first kappa shape index (κ1) is 15.0. The van der Waals surface area contributed by atoms with Gasteiger partial charge in [0.15, 0.2) is 0 Å². The molecule has 1 rings (SSSR count). The van der Waals surface area contributed by atoms with Gasteiger partial charge >= 0.3 is 0 Å². The second-order valence-electron chi connectivity index (χ2n) is 5.03. The van der Waals surface area contributed by atoms with Crippen LogP contribution in [-0.4, -0.2) is 26.2 Å². The highest BCUT2D eigenvalue weighted by Gasteiger charge is 2.05. The van der Waals surface area contributed by atoms with E-state index >= 15 is 0 Å². The Morgan fingerprint density at radius 2 is 1.78 bits per heavy atom. The van der Waals surface area contributed by atoms with Crippen molar-refractivity contribution in [3.05, 3.63) is 28.8 Å². The van der Waals surface area contributed by atoms with Gasteiger partial charge in [0.1, 0.15) is 5.75 Å². The zero-order valence-corrected chi connectivity index (χ0v) is 12.3. The van der Waals surface area contributed by atoms with E-state index in [2.05, 4.69) is 50.5 Å². The number of ether oxygens (including phenoxy) is 1. The summed E-state index contributed by atoms with van der Waals surface area (Å²) < 4.78 is 5.42. The summed E-state index contributed by atoms with van der Waals surface area (Å²) in [6, 6.07) is 4.86. The van der Waals surface area contributed by atoms with Crippen molar-refractivity contribution in [3.8, 4) is 5.75 Å². The van der Waals surface area contributed by atoms with Crippen LogP contribution < -0.4 is 15.4 Å². The molecule has 2 N–H and O–H groups in total. The molecule has 0 aliphatic heterocycles. The Bertz CT molecular complexity index is 375. The zero-order chi connectivity index (χ0) is 13.5.